The molecule has 0 bridgehead atoms. The number of hydrogen-bond acceptors (Lipinski definition) is 2. The summed E-state index contributed by atoms with van der Waals surface area (Å²) in [7, 11) is 0. The van der Waals surface area contributed by atoms with Crippen molar-refractivity contribution in [3.8, 4) is 0 Å². The summed E-state index contributed by atoms with van der Waals surface area (Å²) in [6.45, 7) is 5.49. The molecule has 0 aromatic rings. The summed E-state index contributed by atoms with van der Waals surface area (Å²) in [5.41, 5.74) is 0. The minimum Gasteiger partial charge on any atom is -0.370 e. The van der Waals surface area contributed by atoms with E-state index in [1.807, 2.05) is 0 Å². The van der Waals surface area contributed by atoms with Gasteiger partial charge in [0.2, 0.25) is 0 Å². The Morgan fingerprint density at radius 3 is 2.67 bits per heavy atom. The molecule has 1 amide bonds. The van der Waals surface area contributed by atoms with Crippen LogP contribution >= 0.6 is 23.2 Å². The highest BCUT2D eigenvalue weighted by Gasteiger charge is 2.14. The van der Waals surface area contributed by atoms with Crippen molar-refractivity contribution < 1.29 is 14.4 Å². The van der Waals surface area contributed by atoms with E-state index in [0.717, 1.165) is 39.3 Å². The Kier molecular flexibility index (Phi) is 6.32. The van der Waals surface area contributed by atoms with Crippen molar-refractivity contribution in [2.75, 3.05) is 39.4 Å². The molecule has 0 aliphatic carbocycles. The highest BCUT2D eigenvalue weighted by atomic mass is 35.5. The van der Waals surface area contributed by atoms with Crippen LogP contribution in [0.15, 0.2) is 0 Å². The maximum Gasteiger partial charge on any atom is 0.253 e. The molecule has 0 saturated carbocycles. The summed E-state index contributed by atoms with van der Waals surface area (Å²) < 4.78 is 5.25. The second-order valence-electron chi connectivity index (χ2n) is 3.56. The van der Waals surface area contributed by atoms with Gasteiger partial charge in [0.15, 0.2) is 4.84 Å². The van der Waals surface area contributed by atoms with Crippen molar-refractivity contribution in [2.45, 2.75) is 11.3 Å². The molecule has 0 radical (unpaired) electrons. The maximum atomic E-state index is 11.0. The van der Waals surface area contributed by atoms with Gasteiger partial charge in [-0.05, 0) is 0 Å². The first-order valence-corrected chi connectivity index (χ1v) is 6.04. The van der Waals surface area contributed by atoms with Crippen LogP contribution in [-0.2, 0) is 9.53 Å². The van der Waals surface area contributed by atoms with E-state index >= 15 is 0 Å². The van der Waals surface area contributed by atoms with Crippen LogP contribution in [0.5, 0.6) is 0 Å². The lowest BCUT2D eigenvalue weighted by molar-refractivity contribution is -0.908. The summed E-state index contributed by atoms with van der Waals surface area (Å²) in [6, 6.07) is 0. The monoisotopic (exact) mass is 255 g/mol. The van der Waals surface area contributed by atoms with Crippen molar-refractivity contribution in [3.63, 3.8) is 0 Å². The number of ether oxygens (including phenoxy) is 1. The van der Waals surface area contributed by atoms with Gasteiger partial charge in [0.25, 0.3) is 5.91 Å². The van der Waals surface area contributed by atoms with Gasteiger partial charge in [0, 0.05) is 13.0 Å². The average Bonchev–Trinajstić information content (AvgIpc) is 2.25. The molecule has 1 aliphatic heterocycles. The van der Waals surface area contributed by atoms with Gasteiger partial charge in [0.05, 0.1) is 19.8 Å². The topological polar surface area (TPSA) is 42.8 Å². The van der Waals surface area contributed by atoms with Crippen molar-refractivity contribution >= 4 is 29.1 Å². The number of quaternary nitrogens is 1. The van der Waals surface area contributed by atoms with Crippen LogP contribution in [0.1, 0.15) is 6.42 Å². The van der Waals surface area contributed by atoms with E-state index < -0.39 is 4.84 Å². The van der Waals surface area contributed by atoms with E-state index in [9.17, 15) is 4.79 Å². The van der Waals surface area contributed by atoms with Crippen LogP contribution in [0.4, 0.5) is 0 Å². The zero-order valence-corrected chi connectivity index (χ0v) is 10.1. The fraction of sp³-hybridized carbons (Fsp3) is 0.889. The molecule has 0 aromatic carbocycles. The van der Waals surface area contributed by atoms with Crippen molar-refractivity contribution in [2.24, 2.45) is 0 Å². The maximum absolute atomic E-state index is 11.0. The summed E-state index contributed by atoms with van der Waals surface area (Å²) in [4.78, 5) is 11.6. The number of halogens is 2. The first kappa shape index (κ1) is 13.0. The number of carbonyl (C=O) groups excluding carboxylic acids is 1. The molecule has 0 spiro atoms. The summed E-state index contributed by atoms with van der Waals surface area (Å²) in [5, 5.41) is 2.67. The molecule has 1 aliphatic rings. The number of morpholine rings is 1. The smallest absolute Gasteiger partial charge is 0.253 e. The van der Waals surface area contributed by atoms with Crippen LogP contribution in [0.25, 0.3) is 0 Å². The normalized spacial score (nSPS) is 18.1. The fourth-order valence-electron chi connectivity index (χ4n) is 1.54. The second kappa shape index (κ2) is 7.28. The van der Waals surface area contributed by atoms with Crippen molar-refractivity contribution in [3.05, 3.63) is 0 Å². The molecule has 4 nitrogen and oxygen atoms in total. The van der Waals surface area contributed by atoms with Crippen LogP contribution in [0, 0.1) is 0 Å². The molecule has 2 N–H and O–H groups in total. The van der Waals surface area contributed by atoms with Gasteiger partial charge in [-0.25, -0.2) is 0 Å². The zero-order chi connectivity index (χ0) is 11.1. The van der Waals surface area contributed by atoms with Gasteiger partial charge in [-0.1, -0.05) is 23.2 Å². The van der Waals surface area contributed by atoms with Gasteiger partial charge in [0.1, 0.15) is 13.1 Å². The molecule has 1 fully saturated rings. The number of alkyl halides is 2. The van der Waals surface area contributed by atoms with Gasteiger partial charge < -0.3 is 15.0 Å². The molecule has 0 unspecified atom stereocenters. The second-order valence-corrected chi connectivity index (χ2v) is 4.65. The van der Waals surface area contributed by atoms with E-state index in [1.165, 1.54) is 4.90 Å². The summed E-state index contributed by atoms with van der Waals surface area (Å²) in [6.07, 6.45) is 0.946. The summed E-state index contributed by atoms with van der Waals surface area (Å²) in [5.74, 6) is -0.310. The van der Waals surface area contributed by atoms with Crippen molar-refractivity contribution in [1.29, 1.82) is 0 Å². The van der Waals surface area contributed by atoms with E-state index in [0.29, 0.717) is 6.54 Å². The van der Waals surface area contributed by atoms with Gasteiger partial charge in [-0.2, -0.15) is 0 Å². The van der Waals surface area contributed by atoms with Crippen LogP contribution in [0.2, 0.25) is 0 Å². The molecule has 15 heavy (non-hydrogen) atoms. The predicted octanol–water partition coefficient (Wildman–Crippen LogP) is -0.788. The van der Waals surface area contributed by atoms with E-state index in [2.05, 4.69) is 5.32 Å². The lowest BCUT2D eigenvalue weighted by Gasteiger charge is -2.23. The predicted molar refractivity (Wildman–Crippen MR) is 59.5 cm³/mol. The lowest BCUT2D eigenvalue weighted by atomic mass is 10.3. The van der Waals surface area contributed by atoms with Crippen LogP contribution in [0.3, 0.4) is 0 Å². The number of amides is 1. The Hall–Kier alpha value is -0.0300. The Morgan fingerprint density at radius 1 is 1.40 bits per heavy atom. The molecule has 0 atom stereocenters. The minimum absolute atomic E-state index is 0.310. The molecular formula is C9H17Cl2N2O2+. The third-order valence-corrected chi connectivity index (χ3v) is 2.80. The summed E-state index contributed by atoms with van der Waals surface area (Å²) >= 11 is 10.8. The first-order valence-electron chi connectivity index (χ1n) is 5.17. The molecule has 6 heteroatoms. The largest absolute Gasteiger partial charge is 0.370 e. The Morgan fingerprint density at radius 2 is 2.07 bits per heavy atom. The number of hydrogen-bond donors (Lipinski definition) is 2. The quantitative estimate of drug-likeness (QED) is 0.500. The van der Waals surface area contributed by atoms with Gasteiger partial charge in [-0.15, -0.1) is 0 Å². The van der Waals surface area contributed by atoms with Gasteiger partial charge in [-0.3, -0.25) is 4.79 Å². The third kappa shape index (κ3) is 5.56. The van der Waals surface area contributed by atoms with Crippen molar-refractivity contribution in [1.82, 2.24) is 5.32 Å². The molecule has 0 aromatic heterocycles. The fourth-order valence-corrected chi connectivity index (χ4v) is 1.69. The number of nitrogens with one attached hydrogen (secondary N) is 2. The van der Waals surface area contributed by atoms with Crippen LogP contribution in [-0.4, -0.2) is 50.1 Å². The average molecular weight is 256 g/mol. The van der Waals surface area contributed by atoms with E-state index in [1.54, 1.807) is 0 Å². The SMILES string of the molecule is O=C(NCCC[NH+]1CCOCC1)C(Cl)Cl. The first-order chi connectivity index (χ1) is 7.20. The molecule has 1 heterocycles. The molecule has 1 rings (SSSR count). The number of carbonyl (C=O) groups is 1. The highest BCUT2D eigenvalue weighted by molar-refractivity contribution is 6.53. The highest BCUT2D eigenvalue weighted by Crippen LogP contribution is 1.99. The van der Waals surface area contributed by atoms with Crippen LogP contribution < -0.4 is 10.2 Å². The lowest BCUT2D eigenvalue weighted by Crippen LogP contribution is -3.14. The van der Waals surface area contributed by atoms with E-state index in [4.69, 9.17) is 27.9 Å². The Balaban J connectivity index is 1.98. The van der Waals surface area contributed by atoms with Gasteiger partial charge >= 0.3 is 0 Å². The zero-order valence-electron chi connectivity index (χ0n) is 8.60. The molecule has 1 saturated heterocycles. The van der Waals surface area contributed by atoms with E-state index in [-0.39, 0.29) is 5.91 Å². The number of rotatable bonds is 5. The minimum atomic E-state index is -0.958. The molecule has 88 valence electrons. The Labute approximate surface area is 99.8 Å². The Bertz CT molecular complexity index is 197. The standard InChI is InChI=1S/C9H16Cl2N2O2/c10-8(11)9(14)12-2-1-3-13-4-6-15-7-5-13/h8H,1-7H2,(H,12,14)/p+1. The third-order valence-electron chi connectivity index (χ3n) is 2.40. The molecular weight excluding hydrogens is 239 g/mol.